The van der Waals surface area contributed by atoms with Crippen molar-refractivity contribution in [2.75, 3.05) is 20.1 Å². The van der Waals surface area contributed by atoms with E-state index in [9.17, 15) is 0 Å². The molecule has 0 unspecified atom stereocenters. The molecule has 84 valence electrons. The van der Waals surface area contributed by atoms with E-state index in [1.807, 2.05) is 0 Å². The van der Waals surface area contributed by atoms with E-state index >= 15 is 0 Å². The molecule has 0 amide bonds. The predicted octanol–water partition coefficient (Wildman–Crippen LogP) is 2.69. The molecule has 0 saturated carbocycles. The van der Waals surface area contributed by atoms with Gasteiger partial charge in [0.05, 0.1) is 0 Å². The van der Waals surface area contributed by atoms with E-state index in [-0.39, 0.29) is 9.52 Å². The van der Waals surface area contributed by atoms with Crippen LogP contribution < -0.4 is 0 Å². The number of nitrogens with zero attached hydrogens (tertiary/aromatic N) is 1. The molecule has 0 spiro atoms. The lowest BCUT2D eigenvalue weighted by Gasteiger charge is -2.14. The van der Waals surface area contributed by atoms with Gasteiger partial charge in [-0.3, -0.25) is 0 Å². The van der Waals surface area contributed by atoms with E-state index < -0.39 is 0 Å². The molecule has 0 aromatic carbocycles. The summed E-state index contributed by atoms with van der Waals surface area (Å²) in [5.74, 6) is 0. The molecule has 0 aromatic heterocycles. The van der Waals surface area contributed by atoms with E-state index in [4.69, 9.17) is 0 Å². The third kappa shape index (κ3) is 10.0. The zero-order chi connectivity index (χ0) is 10.8. The maximum atomic E-state index is 2.45. The Morgan fingerprint density at radius 1 is 1.29 bits per heavy atom. The first-order chi connectivity index (χ1) is 6.66. The molecular formula is C12H27NSi. The van der Waals surface area contributed by atoms with Gasteiger partial charge in [0.15, 0.2) is 0 Å². The molecule has 0 rings (SSSR count). The lowest BCUT2D eigenvalue weighted by atomic mass is 10.3. The summed E-state index contributed by atoms with van der Waals surface area (Å²) in [5, 5.41) is 0. The number of allylic oxidation sites excluding steroid dienone is 2. The van der Waals surface area contributed by atoms with Gasteiger partial charge in [-0.15, -0.1) is 0 Å². The SMILES string of the molecule is CCCN(C)CCC[SiH2]CC=C(C)C. The van der Waals surface area contributed by atoms with Gasteiger partial charge < -0.3 is 4.90 Å². The van der Waals surface area contributed by atoms with Crippen molar-refractivity contribution >= 4 is 9.52 Å². The van der Waals surface area contributed by atoms with Crippen molar-refractivity contribution in [3.05, 3.63) is 11.6 Å². The Hall–Kier alpha value is -0.0831. The van der Waals surface area contributed by atoms with Crippen molar-refractivity contribution in [3.63, 3.8) is 0 Å². The van der Waals surface area contributed by atoms with Crippen molar-refractivity contribution in [3.8, 4) is 0 Å². The van der Waals surface area contributed by atoms with Gasteiger partial charge in [-0.25, -0.2) is 0 Å². The summed E-state index contributed by atoms with van der Waals surface area (Å²) in [4.78, 5) is 2.45. The van der Waals surface area contributed by atoms with Crippen LogP contribution in [0.5, 0.6) is 0 Å². The first-order valence-corrected chi connectivity index (χ1v) is 7.98. The van der Waals surface area contributed by atoms with Crippen molar-refractivity contribution in [2.24, 2.45) is 0 Å². The number of hydrogen-bond acceptors (Lipinski definition) is 1. The molecule has 0 radical (unpaired) electrons. The molecular weight excluding hydrogens is 186 g/mol. The van der Waals surface area contributed by atoms with E-state index in [0.717, 1.165) is 0 Å². The van der Waals surface area contributed by atoms with Crippen LogP contribution in [0.15, 0.2) is 11.6 Å². The third-order valence-corrected chi connectivity index (χ3v) is 4.10. The monoisotopic (exact) mass is 213 g/mol. The Balaban J connectivity index is 3.17. The minimum Gasteiger partial charge on any atom is -0.306 e. The van der Waals surface area contributed by atoms with Crippen LogP contribution in [0.3, 0.4) is 0 Å². The topological polar surface area (TPSA) is 3.24 Å². The minimum atomic E-state index is 0.209. The highest BCUT2D eigenvalue weighted by atomic mass is 28.2. The lowest BCUT2D eigenvalue weighted by Crippen LogP contribution is -2.20. The maximum Gasteiger partial charge on any atom is 0.0240 e. The van der Waals surface area contributed by atoms with Gasteiger partial charge in [-0.2, -0.15) is 0 Å². The van der Waals surface area contributed by atoms with Crippen LogP contribution in [-0.2, 0) is 0 Å². The largest absolute Gasteiger partial charge is 0.306 e. The van der Waals surface area contributed by atoms with Crippen molar-refractivity contribution < 1.29 is 0 Å². The summed E-state index contributed by atoms with van der Waals surface area (Å²) in [7, 11) is 2.45. The van der Waals surface area contributed by atoms with E-state index in [1.165, 1.54) is 43.6 Å². The van der Waals surface area contributed by atoms with E-state index in [2.05, 4.69) is 38.8 Å². The highest BCUT2D eigenvalue weighted by Crippen LogP contribution is 1.99. The minimum absolute atomic E-state index is 0.209. The Morgan fingerprint density at radius 2 is 2.00 bits per heavy atom. The average Bonchev–Trinajstić information content (AvgIpc) is 2.11. The standard InChI is InChI=1S/C12H27NSi/c1-5-8-13(4)9-6-10-14-11-7-12(2)3/h7H,5-6,8-11,14H2,1-4H3. The van der Waals surface area contributed by atoms with Gasteiger partial charge >= 0.3 is 0 Å². The maximum absolute atomic E-state index is 2.45. The molecule has 0 bridgehead atoms. The van der Waals surface area contributed by atoms with Crippen LogP contribution in [-0.4, -0.2) is 34.6 Å². The molecule has 0 aliphatic heterocycles. The molecule has 0 atom stereocenters. The summed E-state index contributed by atoms with van der Waals surface area (Å²) >= 11 is 0. The van der Waals surface area contributed by atoms with Crippen LogP contribution in [0.1, 0.15) is 33.6 Å². The fourth-order valence-corrected chi connectivity index (χ4v) is 3.23. The zero-order valence-electron chi connectivity index (χ0n) is 10.5. The summed E-state index contributed by atoms with van der Waals surface area (Å²) in [6.45, 7) is 9.21. The molecule has 14 heavy (non-hydrogen) atoms. The first-order valence-electron chi connectivity index (χ1n) is 5.98. The van der Waals surface area contributed by atoms with Crippen LogP contribution >= 0.6 is 0 Å². The van der Waals surface area contributed by atoms with Gasteiger partial charge in [0.2, 0.25) is 0 Å². The molecule has 0 aliphatic rings. The highest BCUT2D eigenvalue weighted by molar-refractivity contribution is 6.36. The van der Waals surface area contributed by atoms with Gasteiger partial charge in [0.1, 0.15) is 0 Å². The molecule has 1 nitrogen and oxygen atoms in total. The van der Waals surface area contributed by atoms with Crippen molar-refractivity contribution in [2.45, 2.75) is 45.7 Å². The van der Waals surface area contributed by atoms with Crippen LogP contribution in [0.25, 0.3) is 0 Å². The number of hydrogen-bond donors (Lipinski definition) is 0. The van der Waals surface area contributed by atoms with Crippen LogP contribution in [0, 0.1) is 0 Å². The fraction of sp³-hybridized carbons (Fsp3) is 0.833. The van der Waals surface area contributed by atoms with E-state index in [1.54, 1.807) is 0 Å². The average molecular weight is 213 g/mol. The summed E-state index contributed by atoms with van der Waals surface area (Å²) < 4.78 is 0. The fourth-order valence-electron chi connectivity index (χ4n) is 1.59. The van der Waals surface area contributed by atoms with Gasteiger partial charge in [-0.1, -0.05) is 24.6 Å². The molecule has 0 aromatic rings. The first kappa shape index (κ1) is 13.9. The normalized spacial score (nSPS) is 11.5. The second-order valence-electron chi connectivity index (χ2n) is 4.43. The van der Waals surface area contributed by atoms with Gasteiger partial charge in [0.25, 0.3) is 0 Å². The second kappa shape index (κ2) is 9.47. The Morgan fingerprint density at radius 3 is 2.57 bits per heavy atom. The van der Waals surface area contributed by atoms with Gasteiger partial charge in [0, 0.05) is 9.52 Å². The summed E-state index contributed by atoms with van der Waals surface area (Å²) in [5.41, 5.74) is 1.49. The van der Waals surface area contributed by atoms with Crippen molar-refractivity contribution in [1.82, 2.24) is 4.90 Å². The quantitative estimate of drug-likeness (QED) is 0.340. The summed E-state index contributed by atoms with van der Waals surface area (Å²) in [6.07, 6.45) is 5.10. The molecule has 0 saturated heterocycles. The molecule has 2 heteroatoms. The van der Waals surface area contributed by atoms with E-state index in [0.29, 0.717) is 0 Å². The summed E-state index contributed by atoms with van der Waals surface area (Å²) in [6, 6.07) is 2.91. The molecule has 0 N–H and O–H groups in total. The Labute approximate surface area is 92.4 Å². The zero-order valence-corrected chi connectivity index (χ0v) is 11.9. The molecule has 0 aliphatic carbocycles. The van der Waals surface area contributed by atoms with Crippen LogP contribution in [0.2, 0.25) is 12.1 Å². The van der Waals surface area contributed by atoms with Crippen molar-refractivity contribution in [1.29, 1.82) is 0 Å². The lowest BCUT2D eigenvalue weighted by molar-refractivity contribution is 0.335. The Bertz CT molecular complexity index is 150. The highest BCUT2D eigenvalue weighted by Gasteiger charge is 1.95. The molecule has 0 heterocycles. The van der Waals surface area contributed by atoms with Crippen LogP contribution in [0.4, 0.5) is 0 Å². The van der Waals surface area contributed by atoms with Gasteiger partial charge in [-0.05, 0) is 52.9 Å². The smallest absolute Gasteiger partial charge is 0.0240 e. The third-order valence-electron chi connectivity index (χ3n) is 2.40. The Kier molecular flexibility index (Phi) is 9.41. The number of rotatable bonds is 8. The predicted molar refractivity (Wildman–Crippen MR) is 70.0 cm³/mol. The molecule has 0 fully saturated rings. The second-order valence-corrected chi connectivity index (χ2v) is 6.43.